The smallest absolute Gasteiger partial charge is 0.104 e. The van der Waals surface area contributed by atoms with Gasteiger partial charge in [-0.1, -0.05) is 0 Å². The van der Waals surface area contributed by atoms with E-state index in [1.807, 2.05) is 26.1 Å². The molecule has 72 valence electrons. The van der Waals surface area contributed by atoms with Crippen molar-refractivity contribution in [3.05, 3.63) is 29.6 Å². The van der Waals surface area contributed by atoms with Crippen molar-refractivity contribution in [2.24, 2.45) is 5.73 Å². The van der Waals surface area contributed by atoms with Crippen LogP contribution in [0.15, 0.2) is 18.5 Å². The van der Waals surface area contributed by atoms with E-state index in [1.165, 1.54) is 0 Å². The molecule has 2 N–H and O–H groups in total. The van der Waals surface area contributed by atoms with Crippen LogP contribution in [0.25, 0.3) is 0 Å². The molecule has 3 nitrogen and oxygen atoms in total. The van der Waals surface area contributed by atoms with Crippen LogP contribution < -0.4 is 5.73 Å². The molecule has 1 rings (SSSR count). The number of hydrogen-bond donors (Lipinski definition) is 1. The van der Waals surface area contributed by atoms with Crippen LogP contribution in [0.1, 0.15) is 18.1 Å². The van der Waals surface area contributed by atoms with Gasteiger partial charge in [0.2, 0.25) is 0 Å². The molecule has 0 aliphatic heterocycles. The Hall–Kier alpha value is -0.930. The molecule has 3 heteroatoms. The highest BCUT2D eigenvalue weighted by Crippen LogP contribution is 2.25. The average Bonchev–Trinajstić information content (AvgIpc) is 2.17. The van der Waals surface area contributed by atoms with Crippen LogP contribution in [0.3, 0.4) is 0 Å². The Morgan fingerprint density at radius 3 is 2.77 bits per heavy atom. The van der Waals surface area contributed by atoms with Gasteiger partial charge in [0.15, 0.2) is 0 Å². The van der Waals surface area contributed by atoms with Crippen molar-refractivity contribution in [2.75, 3.05) is 13.7 Å². The summed E-state index contributed by atoms with van der Waals surface area (Å²) in [6, 6.07) is 1.96. The minimum Gasteiger partial charge on any atom is -0.372 e. The molecular weight excluding hydrogens is 164 g/mol. The predicted molar refractivity (Wildman–Crippen MR) is 52.4 cm³/mol. The van der Waals surface area contributed by atoms with E-state index < -0.39 is 5.60 Å². The number of methoxy groups -OCH3 is 1. The first kappa shape index (κ1) is 10.2. The Morgan fingerprint density at radius 2 is 2.31 bits per heavy atom. The van der Waals surface area contributed by atoms with Crippen LogP contribution in [0.5, 0.6) is 0 Å². The molecule has 0 bridgehead atoms. The zero-order valence-electron chi connectivity index (χ0n) is 8.37. The van der Waals surface area contributed by atoms with Crippen LogP contribution in [0, 0.1) is 6.92 Å². The third kappa shape index (κ3) is 1.87. The molecule has 1 heterocycles. The minimum atomic E-state index is -0.418. The third-order valence-corrected chi connectivity index (χ3v) is 2.45. The molecular formula is C10H16N2O. The van der Waals surface area contributed by atoms with E-state index in [-0.39, 0.29) is 0 Å². The number of nitrogens with two attached hydrogens (primary N) is 1. The lowest BCUT2D eigenvalue weighted by molar-refractivity contribution is 0.00928. The molecule has 0 spiro atoms. The number of nitrogens with zero attached hydrogens (tertiary/aromatic N) is 1. The average molecular weight is 180 g/mol. The minimum absolute atomic E-state index is 0.418. The Labute approximate surface area is 78.9 Å². The number of rotatable bonds is 3. The van der Waals surface area contributed by atoms with Crippen molar-refractivity contribution in [2.45, 2.75) is 19.4 Å². The van der Waals surface area contributed by atoms with Gasteiger partial charge in [0.25, 0.3) is 0 Å². The standard InChI is InChI=1S/C10H16N2O/c1-8-4-5-12-6-9(8)10(2,7-11)13-3/h4-6H,7,11H2,1-3H3. The predicted octanol–water partition coefficient (Wildman–Crippen LogP) is 1.21. The van der Waals surface area contributed by atoms with Crippen molar-refractivity contribution < 1.29 is 4.74 Å². The first-order valence-corrected chi connectivity index (χ1v) is 4.30. The zero-order chi connectivity index (χ0) is 9.90. The summed E-state index contributed by atoms with van der Waals surface area (Å²) in [5, 5.41) is 0. The van der Waals surface area contributed by atoms with Gasteiger partial charge in [-0.05, 0) is 25.5 Å². The maximum Gasteiger partial charge on any atom is 0.104 e. The summed E-state index contributed by atoms with van der Waals surface area (Å²) in [5.74, 6) is 0. The molecule has 0 saturated heterocycles. The molecule has 0 aromatic carbocycles. The summed E-state index contributed by atoms with van der Waals surface area (Å²) in [7, 11) is 1.67. The van der Waals surface area contributed by atoms with Crippen molar-refractivity contribution in [3.8, 4) is 0 Å². The van der Waals surface area contributed by atoms with Gasteiger partial charge in [0.05, 0.1) is 0 Å². The van der Waals surface area contributed by atoms with Gasteiger partial charge < -0.3 is 10.5 Å². The van der Waals surface area contributed by atoms with E-state index in [1.54, 1.807) is 13.3 Å². The fraction of sp³-hybridized carbons (Fsp3) is 0.500. The third-order valence-electron chi connectivity index (χ3n) is 2.45. The number of ether oxygens (including phenoxy) is 1. The highest BCUT2D eigenvalue weighted by molar-refractivity contribution is 5.27. The zero-order valence-corrected chi connectivity index (χ0v) is 8.37. The molecule has 13 heavy (non-hydrogen) atoms. The van der Waals surface area contributed by atoms with E-state index in [9.17, 15) is 0 Å². The van der Waals surface area contributed by atoms with E-state index in [0.717, 1.165) is 11.1 Å². The normalized spacial score (nSPS) is 15.4. The maximum atomic E-state index is 5.67. The van der Waals surface area contributed by atoms with Crippen LogP contribution in [0.4, 0.5) is 0 Å². The number of aromatic nitrogens is 1. The van der Waals surface area contributed by atoms with E-state index >= 15 is 0 Å². The van der Waals surface area contributed by atoms with Crippen molar-refractivity contribution in [1.82, 2.24) is 4.98 Å². The van der Waals surface area contributed by atoms with E-state index in [0.29, 0.717) is 6.54 Å². The summed E-state index contributed by atoms with van der Waals surface area (Å²) in [6.07, 6.45) is 3.58. The Bertz CT molecular complexity index is 282. The van der Waals surface area contributed by atoms with Crippen molar-refractivity contribution >= 4 is 0 Å². The lowest BCUT2D eigenvalue weighted by atomic mass is 9.94. The van der Waals surface area contributed by atoms with Crippen LogP contribution in [0.2, 0.25) is 0 Å². The molecule has 1 aromatic heterocycles. The molecule has 0 aliphatic rings. The highest BCUT2D eigenvalue weighted by atomic mass is 16.5. The quantitative estimate of drug-likeness (QED) is 0.760. The summed E-state index contributed by atoms with van der Waals surface area (Å²) >= 11 is 0. The molecule has 1 unspecified atom stereocenters. The first-order chi connectivity index (χ1) is 6.14. The molecule has 0 radical (unpaired) electrons. The molecule has 1 aromatic rings. The van der Waals surface area contributed by atoms with Gasteiger partial charge in [-0.25, -0.2) is 0 Å². The summed E-state index contributed by atoms with van der Waals surface area (Å²) in [6.45, 7) is 4.46. The maximum absolute atomic E-state index is 5.67. The second kappa shape index (κ2) is 3.85. The van der Waals surface area contributed by atoms with Gasteiger partial charge >= 0.3 is 0 Å². The molecule has 1 atom stereocenters. The number of pyridine rings is 1. The molecule has 0 amide bonds. The monoisotopic (exact) mass is 180 g/mol. The highest BCUT2D eigenvalue weighted by Gasteiger charge is 2.25. The Morgan fingerprint density at radius 1 is 1.62 bits per heavy atom. The fourth-order valence-electron chi connectivity index (χ4n) is 1.32. The van der Waals surface area contributed by atoms with Gasteiger partial charge in [-0.15, -0.1) is 0 Å². The van der Waals surface area contributed by atoms with Gasteiger partial charge in [0, 0.05) is 31.6 Å². The SMILES string of the molecule is COC(C)(CN)c1cnccc1C. The molecule has 0 saturated carbocycles. The van der Waals surface area contributed by atoms with Gasteiger partial charge in [-0.3, -0.25) is 4.98 Å². The molecule has 0 aliphatic carbocycles. The van der Waals surface area contributed by atoms with Gasteiger partial charge in [0.1, 0.15) is 5.60 Å². The van der Waals surface area contributed by atoms with E-state index in [2.05, 4.69) is 4.98 Å². The van der Waals surface area contributed by atoms with Crippen LogP contribution in [-0.2, 0) is 10.3 Å². The summed E-state index contributed by atoms with van der Waals surface area (Å²) in [4.78, 5) is 4.07. The Balaban J connectivity index is 3.12. The second-order valence-electron chi connectivity index (χ2n) is 3.33. The summed E-state index contributed by atoms with van der Waals surface area (Å²) < 4.78 is 5.39. The van der Waals surface area contributed by atoms with Gasteiger partial charge in [-0.2, -0.15) is 0 Å². The second-order valence-corrected chi connectivity index (χ2v) is 3.33. The number of hydrogen-bond acceptors (Lipinski definition) is 3. The lowest BCUT2D eigenvalue weighted by Crippen LogP contribution is -2.34. The number of aryl methyl sites for hydroxylation is 1. The molecule has 0 fully saturated rings. The largest absolute Gasteiger partial charge is 0.372 e. The Kier molecular flexibility index (Phi) is 3.01. The summed E-state index contributed by atoms with van der Waals surface area (Å²) in [5.41, 5.74) is 7.46. The van der Waals surface area contributed by atoms with E-state index in [4.69, 9.17) is 10.5 Å². The lowest BCUT2D eigenvalue weighted by Gasteiger charge is -2.27. The van der Waals surface area contributed by atoms with Crippen molar-refractivity contribution in [3.63, 3.8) is 0 Å². The van der Waals surface area contributed by atoms with Crippen molar-refractivity contribution in [1.29, 1.82) is 0 Å². The fourth-order valence-corrected chi connectivity index (χ4v) is 1.32. The van der Waals surface area contributed by atoms with Crippen LogP contribution >= 0.6 is 0 Å². The topological polar surface area (TPSA) is 48.1 Å². The first-order valence-electron chi connectivity index (χ1n) is 4.30. The van der Waals surface area contributed by atoms with Crippen LogP contribution in [-0.4, -0.2) is 18.6 Å².